The molecule has 0 radical (unpaired) electrons. The van der Waals surface area contributed by atoms with Gasteiger partial charge < -0.3 is 10.6 Å². The van der Waals surface area contributed by atoms with Gasteiger partial charge in [0, 0.05) is 6.04 Å². The van der Waals surface area contributed by atoms with Crippen LogP contribution in [0.3, 0.4) is 0 Å². The fourth-order valence-electron chi connectivity index (χ4n) is 3.48. The van der Waals surface area contributed by atoms with Crippen molar-refractivity contribution >= 4 is 17.8 Å². The number of hydrogen-bond acceptors (Lipinski definition) is 3. The van der Waals surface area contributed by atoms with Gasteiger partial charge in [-0.1, -0.05) is 33.6 Å². The summed E-state index contributed by atoms with van der Waals surface area (Å²) in [4.78, 5) is 37.7. The maximum atomic E-state index is 12.5. The van der Waals surface area contributed by atoms with Crippen LogP contribution in [0.2, 0.25) is 0 Å². The molecule has 0 aromatic rings. The summed E-state index contributed by atoms with van der Waals surface area (Å²) in [7, 11) is 0. The van der Waals surface area contributed by atoms with E-state index in [2.05, 4.69) is 17.6 Å². The molecular formula is C16H27N3O3. The first-order valence-corrected chi connectivity index (χ1v) is 8.37. The quantitative estimate of drug-likeness (QED) is 0.760. The van der Waals surface area contributed by atoms with Crippen molar-refractivity contribution in [1.29, 1.82) is 0 Å². The molecule has 0 bridgehead atoms. The Labute approximate surface area is 132 Å². The average molecular weight is 309 g/mol. The van der Waals surface area contributed by atoms with E-state index < -0.39 is 11.6 Å². The second-order valence-corrected chi connectivity index (χ2v) is 6.55. The van der Waals surface area contributed by atoms with Crippen LogP contribution in [0.5, 0.6) is 0 Å². The molecule has 22 heavy (non-hydrogen) atoms. The highest BCUT2D eigenvalue weighted by molar-refractivity contribution is 6.08. The first-order valence-electron chi connectivity index (χ1n) is 8.37. The lowest BCUT2D eigenvalue weighted by molar-refractivity contribution is -0.135. The number of nitrogens with one attached hydrogen (secondary N) is 2. The summed E-state index contributed by atoms with van der Waals surface area (Å²) < 4.78 is 0. The van der Waals surface area contributed by atoms with Gasteiger partial charge in [-0.15, -0.1) is 0 Å². The number of amides is 4. The molecule has 2 N–H and O–H groups in total. The molecule has 4 amide bonds. The molecule has 1 aliphatic heterocycles. The molecule has 0 spiro atoms. The average Bonchev–Trinajstić information content (AvgIpc) is 2.74. The van der Waals surface area contributed by atoms with Crippen LogP contribution >= 0.6 is 0 Å². The third-order valence-electron chi connectivity index (χ3n) is 5.21. The predicted molar refractivity (Wildman–Crippen MR) is 83.1 cm³/mol. The monoisotopic (exact) mass is 309 g/mol. The summed E-state index contributed by atoms with van der Waals surface area (Å²) in [5.74, 6) is -0.0780. The van der Waals surface area contributed by atoms with Crippen LogP contribution in [0, 0.1) is 5.92 Å². The van der Waals surface area contributed by atoms with Crippen molar-refractivity contribution in [2.75, 3.05) is 6.54 Å². The molecule has 1 heterocycles. The summed E-state index contributed by atoms with van der Waals surface area (Å²) in [5, 5.41) is 5.73. The molecule has 1 aliphatic carbocycles. The smallest absolute Gasteiger partial charge is 0.325 e. The number of carbonyl (C=O) groups excluding carboxylic acids is 3. The molecule has 2 aliphatic rings. The third-order valence-corrected chi connectivity index (χ3v) is 5.21. The van der Waals surface area contributed by atoms with Gasteiger partial charge in [0.1, 0.15) is 12.1 Å². The lowest BCUT2D eigenvalue weighted by atomic mass is 9.86. The van der Waals surface area contributed by atoms with Crippen LogP contribution in [0.25, 0.3) is 0 Å². The Hall–Kier alpha value is -1.59. The number of nitrogens with zero attached hydrogens (tertiary/aromatic N) is 1. The molecule has 2 rings (SSSR count). The van der Waals surface area contributed by atoms with Gasteiger partial charge >= 0.3 is 6.03 Å². The van der Waals surface area contributed by atoms with E-state index in [1.165, 1.54) is 6.42 Å². The van der Waals surface area contributed by atoms with E-state index in [1.807, 2.05) is 13.8 Å². The van der Waals surface area contributed by atoms with E-state index in [9.17, 15) is 14.4 Å². The zero-order chi connectivity index (χ0) is 16.3. The van der Waals surface area contributed by atoms with Gasteiger partial charge in [0.05, 0.1) is 0 Å². The lowest BCUT2D eigenvalue weighted by Gasteiger charge is -2.30. The van der Waals surface area contributed by atoms with Crippen LogP contribution in [-0.4, -0.2) is 40.9 Å². The van der Waals surface area contributed by atoms with Crippen LogP contribution in [0.1, 0.15) is 59.3 Å². The normalized spacial score (nSPS) is 27.7. The molecule has 1 saturated carbocycles. The summed E-state index contributed by atoms with van der Waals surface area (Å²) in [6, 6.07) is -0.301. The van der Waals surface area contributed by atoms with Gasteiger partial charge in [-0.05, 0) is 31.6 Å². The molecule has 0 aromatic heterocycles. The Bertz CT molecular complexity index is 460. The molecule has 6 heteroatoms. The SMILES string of the molecule is CCC1(CC)NC(=O)N(CC(=O)NC2CCCCC2C)C1=O. The number of hydrogen-bond donors (Lipinski definition) is 2. The Morgan fingerprint density at radius 1 is 1.27 bits per heavy atom. The lowest BCUT2D eigenvalue weighted by Crippen LogP contribution is -2.48. The summed E-state index contributed by atoms with van der Waals surface area (Å²) >= 11 is 0. The fourth-order valence-corrected chi connectivity index (χ4v) is 3.48. The first-order chi connectivity index (χ1) is 10.4. The Morgan fingerprint density at radius 3 is 2.45 bits per heavy atom. The molecule has 6 nitrogen and oxygen atoms in total. The van der Waals surface area contributed by atoms with Gasteiger partial charge in [-0.25, -0.2) is 4.79 Å². The molecule has 124 valence electrons. The minimum atomic E-state index is -0.838. The highest BCUT2D eigenvalue weighted by Gasteiger charge is 2.49. The van der Waals surface area contributed by atoms with Gasteiger partial charge in [0.25, 0.3) is 5.91 Å². The van der Waals surface area contributed by atoms with Crippen molar-refractivity contribution in [3.63, 3.8) is 0 Å². The number of rotatable bonds is 5. The second kappa shape index (κ2) is 6.67. The summed E-state index contributed by atoms with van der Waals surface area (Å²) in [5.41, 5.74) is -0.838. The van der Waals surface area contributed by atoms with E-state index in [0.29, 0.717) is 18.8 Å². The predicted octanol–water partition coefficient (Wildman–Crippen LogP) is 1.79. The minimum absolute atomic E-state index is 0.157. The number of urea groups is 1. The van der Waals surface area contributed by atoms with E-state index in [1.54, 1.807) is 0 Å². The minimum Gasteiger partial charge on any atom is -0.352 e. The topological polar surface area (TPSA) is 78.5 Å². The van der Waals surface area contributed by atoms with Gasteiger partial charge in [-0.2, -0.15) is 0 Å². The molecular weight excluding hydrogens is 282 g/mol. The Kier molecular flexibility index (Phi) is 5.08. The van der Waals surface area contributed by atoms with Crippen molar-refractivity contribution < 1.29 is 14.4 Å². The van der Waals surface area contributed by atoms with Crippen molar-refractivity contribution in [1.82, 2.24) is 15.5 Å². The van der Waals surface area contributed by atoms with Crippen molar-refractivity contribution in [3.05, 3.63) is 0 Å². The number of carbonyl (C=O) groups is 3. The van der Waals surface area contributed by atoms with Gasteiger partial charge in [0.15, 0.2) is 0 Å². The maximum absolute atomic E-state index is 12.5. The van der Waals surface area contributed by atoms with Crippen LogP contribution in [0.15, 0.2) is 0 Å². The zero-order valence-electron chi connectivity index (χ0n) is 13.8. The zero-order valence-corrected chi connectivity index (χ0v) is 13.8. The molecule has 0 aromatic carbocycles. The summed E-state index contributed by atoms with van der Waals surface area (Å²) in [6.07, 6.45) is 5.48. The Balaban J connectivity index is 1.96. The van der Waals surface area contributed by atoms with E-state index in [0.717, 1.165) is 24.2 Å². The van der Waals surface area contributed by atoms with Crippen LogP contribution < -0.4 is 10.6 Å². The van der Waals surface area contributed by atoms with Crippen LogP contribution in [-0.2, 0) is 9.59 Å². The molecule has 2 atom stereocenters. The highest BCUT2D eigenvalue weighted by Crippen LogP contribution is 2.25. The third kappa shape index (κ3) is 3.10. The maximum Gasteiger partial charge on any atom is 0.325 e. The molecule has 1 saturated heterocycles. The van der Waals surface area contributed by atoms with Crippen LogP contribution in [0.4, 0.5) is 4.79 Å². The summed E-state index contributed by atoms with van der Waals surface area (Å²) in [6.45, 7) is 5.69. The van der Waals surface area contributed by atoms with Crippen molar-refractivity contribution in [2.45, 2.75) is 70.9 Å². The number of imide groups is 1. The first kappa shape index (κ1) is 16.8. The standard InChI is InChI=1S/C16H27N3O3/c1-4-16(5-2)14(21)19(15(22)18-16)10-13(20)17-12-9-7-6-8-11(12)3/h11-12H,4-10H2,1-3H3,(H,17,20)(H,18,22). The van der Waals surface area contributed by atoms with Crippen molar-refractivity contribution in [3.8, 4) is 0 Å². The van der Waals surface area contributed by atoms with E-state index in [4.69, 9.17) is 0 Å². The largest absolute Gasteiger partial charge is 0.352 e. The molecule has 2 fully saturated rings. The van der Waals surface area contributed by atoms with E-state index in [-0.39, 0.29) is 24.4 Å². The highest BCUT2D eigenvalue weighted by atomic mass is 16.2. The Morgan fingerprint density at radius 2 is 1.91 bits per heavy atom. The van der Waals surface area contributed by atoms with Crippen molar-refractivity contribution in [2.24, 2.45) is 5.92 Å². The second-order valence-electron chi connectivity index (χ2n) is 6.55. The van der Waals surface area contributed by atoms with Gasteiger partial charge in [-0.3, -0.25) is 14.5 Å². The van der Waals surface area contributed by atoms with E-state index >= 15 is 0 Å². The van der Waals surface area contributed by atoms with Gasteiger partial charge in [0.2, 0.25) is 5.91 Å². The fraction of sp³-hybridized carbons (Fsp3) is 0.812. The molecule has 2 unspecified atom stereocenters.